The number of sulfonamides is 1. The summed E-state index contributed by atoms with van der Waals surface area (Å²) in [5.74, 6) is -0.00901. The van der Waals surface area contributed by atoms with Gasteiger partial charge in [0.25, 0.3) is 0 Å². The number of hydrogen-bond donors (Lipinski definition) is 1. The predicted octanol–water partition coefficient (Wildman–Crippen LogP) is 0.886. The van der Waals surface area contributed by atoms with Crippen molar-refractivity contribution in [1.82, 2.24) is 5.32 Å². The van der Waals surface area contributed by atoms with E-state index in [2.05, 4.69) is 5.32 Å². The van der Waals surface area contributed by atoms with Crippen LogP contribution in [0.4, 0.5) is 5.69 Å². The topological polar surface area (TPSA) is 94.2 Å². The van der Waals surface area contributed by atoms with E-state index in [0.717, 1.165) is 10.6 Å². The van der Waals surface area contributed by atoms with Gasteiger partial charge >= 0.3 is 0 Å². The van der Waals surface area contributed by atoms with Gasteiger partial charge in [-0.3, -0.25) is 9.10 Å². The molecule has 0 aliphatic heterocycles. The molecule has 0 heterocycles. The predicted molar refractivity (Wildman–Crippen MR) is 91.6 cm³/mol. The second kappa shape index (κ2) is 8.95. The molecule has 0 radical (unpaired) electrons. The van der Waals surface area contributed by atoms with Crippen LogP contribution in [0.15, 0.2) is 12.1 Å². The van der Waals surface area contributed by atoms with Crippen LogP contribution in [-0.4, -0.2) is 61.6 Å². The Balaban J connectivity index is 3.20. The Morgan fingerprint density at radius 2 is 1.83 bits per heavy atom. The van der Waals surface area contributed by atoms with Crippen molar-refractivity contribution in [3.8, 4) is 11.5 Å². The van der Waals surface area contributed by atoms with Crippen molar-refractivity contribution in [2.75, 3.05) is 51.6 Å². The summed E-state index contributed by atoms with van der Waals surface area (Å²) in [7, 11) is 0.527. The summed E-state index contributed by atoms with van der Waals surface area (Å²) in [6.45, 7) is 0.181. The summed E-state index contributed by atoms with van der Waals surface area (Å²) in [6.07, 6.45) is 0.996. The first-order chi connectivity index (χ1) is 11.2. The van der Waals surface area contributed by atoms with E-state index >= 15 is 0 Å². The average Bonchev–Trinajstić information content (AvgIpc) is 2.51. The molecule has 0 atom stereocenters. The average molecular weight is 381 g/mol. The Kier molecular flexibility index (Phi) is 7.59. The summed E-state index contributed by atoms with van der Waals surface area (Å²) >= 11 is 6.02. The van der Waals surface area contributed by atoms with Gasteiger partial charge in [0.05, 0.1) is 37.8 Å². The molecule has 0 aromatic heterocycles. The monoisotopic (exact) mass is 380 g/mol. The third-order valence-corrected chi connectivity index (χ3v) is 4.46. The zero-order valence-corrected chi connectivity index (χ0v) is 15.5. The highest BCUT2D eigenvalue weighted by Crippen LogP contribution is 2.38. The SMILES string of the molecule is COCCNC(=O)CN(c1cc(OC)c(Cl)cc1OC)S(C)(=O)=O. The smallest absolute Gasteiger partial charge is 0.240 e. The Labute approximate surface area is 146 Å². The lowest BCUT2D eigenvalue weighted by atomic mass is 10.2. The minimum absolute atomic E-state index is 0.156. The molecule has 1 aromatic rings. The van der Waals surface area contributed by atoms with Gasteiger partial charge in [-0.1, -0.05) is 11.6 Å². The maximum atomic E-state index is 12.1. The van der Waals surface area contributed by atoms with Crippen molar-refractivity contribution in [3.05, 3.63) is 17.2 Å². The molecular weight excluding hydrogens is 360 g/mol. The van der Waals surface area contributed by atoms with E-state index in [1.807, 2.05) is 0 Å². The normalized spacial score (nSPS) is 11.0. The quantitative estimate of drug-likeness (QED) is 0.639. The second-order valence-electron chi connectivity index (χ2n) is 4.77. The number of amides is 1. The minimum atomic E-state index is -3.75. The second-order valence-corrected chi connectivity index (χ2v) is 7.09. The summed E-state index contributed by atoms with van der Waals surface area (Å²) in [6, 6.07) is 2.83. The molecule has 0 saturated heterocycles. The number of carbonyl (C=O) groups is 1. The number of ether oxygens (including phenoxy) is 3. The molecule has 0 saturated carbocycles. The van der Waals surface area contributed by atoms with Crippen molar-refractivity contribution >= 4 is 33.2 Å². The van der Waals surface area contributed by atoms with Crippen LogP contribution in [0.1, 0.15) is 0 Å². The highest BCUT2D eigenvalue weighted by molar-refractivity contribution is 7.92. The van der Waals surface area contributed by atoms with Crippen molar-refractivity contribution in [1.29, 1.82) is 0 Å². The Morgan fingerprint density at radius 3 is 2.33 bits per heavy atom. The first kappa shape index (κ1) is 20.3. The zero-order chi connectivity index (χ0) is 18.3. The lowest BCUT2D eigenvalue weighted by Gasteiger charge is -2.24. The minimum Gasteiger partial charge on any atom is -0.495 e. The van der Waals surface area contributed by atoms with Gasteiger partial charge < -0.3 is 19.5 Å². The number of halogens is 1. The van der Waals surface area contributed by atoms with Gasteiger partial charge in [-0.25, -0.2) is 8.42 Å². The van der Waals surface area contributed by atoms with Crippen molar-refractivity contribution in [2.45, 2.75) is 0 Å². The van der Waals surface area contributed by atoms with Gasteiger partial charge in [0.1, 0.15) is 18.0 Å². The van der Waals surface area contributed by atoms with Crippen LogP contribution in [0, 0.1) is 0 Å². The number of rotatable bonds is 9. The van der Waals surface area contributed by atoms with Crippen LogP contribution in [0.5, 0.6) is 11.5 Å². The summed E-state index contributed by atoms with van der Waals surface area (Å²) < 4.78 is 40.3. The molecule has 1 rings (SSSR count). The number of methoxy groups -OCH3 is 3. The molecule has 0 spiro atoms. The van der Waals surface area contributed by atoms with Crippen LogP contribution in [-0.2, 0) is 19.6 Å². The molecule has 0 fully saturated rings. The van der Waals surface area contributed by atoms with Crippen molar-refractivity contribution in [3.63, 3.8) is 0 Å². The van der Waals surface area contributed by atoms with Gasteiger partial charge in [-0.15, -0.1) is 0 Å². The van der Waals surface area contributed by atoms with E-state index in [9.17, 15) is 13.2 Å². The first-order valence-electron chi connectivity index (χ1n) is 6.89. The van der Waals surface area contributed by atoms with Crippen LogP contribution in [0.25, 0.3) is 0 Å². The van der Waals surface area contributed by atoms with Gasteiger partial charge in [0, 0.05) is 25.8 Å². The largest absolute Gasteiger partial charge is 0.495 e. The Hall–Kier alpha value is -1.71. The first-order valence-corrected chi connectivity index (χ1v) is 9.12. The molecule has 0 bridgehead atoms. The number of nitrogens with zero attached hydrogens (tertiary/aromatic N) is 1. The third kappa shape index (κ3) is 5.43. The van der Waals surface area contributed by atoms with E-state index in [-0.39, 0.29) is 28.8 Å². The Morgan fingerprint density at radius 1 is 1.21 bits per heavy atom. The maximum Gasteiger partial charge on any atom is 0.240 e. The molecule has 0 aliphatic rings. The van der Waals surface area contributed by atoms with Crippen LogP contribution in [0.3, 0.4) is 0 Å². The number of hydrogen-bond acceptors (Lipinski definition) is 6. The van der Waals surface area contributed by atoms with Crippen LogP contribution < -0.4 is 19.1 Å². The van der Waals surface area contributed by atoms with E-state index in [0.29, 0.717) is 6.61 Å². The van der Waals surface area contributed by atoms with Crippen LogP contribution in [0.2, 0.25) is 5.02 Å². The molecule has 0 unspecified atom stereocenters. The number of benzene rings is 1. The van der Waals surface area contributed by atoms with E-state index < -0.39 is 22.5 Å². The van der Waals surface area contributed by atoms with E-state index in [1.165, 1.54) is 33.5 Å². The molecular formula is C14H21ClN2O6S. The lowest BCUT2D eigenvalue weighted by Crippen LogP contribution is -2.41. The maximum absolute atomic E-state index is 12.1. The molecule has 0 aliphatic carbocycles. The number of carbonyl (C=O) groups excluding carboxylic acids is 1. The highest BCUT2D eigenvalue weighted by atomic mass is 35.5. The van der Waals surface area contributed by atoms with E-state index in [4.69, 9.17) is 25.8 Å². The highest BCUT2D eigenvalue weighted by Gasteiger charge is 2.25. The molecule has 24 heavy (non-hydrogen) atoms. The standard InChI is InChI=1S/C14H21ClN2O6S/c1-21-6-5-16-14(18)9-17(24(4,19)20)11-8-12(22-2)10(15)7-13(11)23-3/h7-8H,5-6,9H2,1-4H3,(H,16,18). The molecule has 136 valence electrons. The lowest BCUT2D eigenvalue weighted by molar-refractivity contribution is -0.119. The van der Waals surface area contributed by atoms with Gasteiger partial charge in [0.15, 0.2) is 0 Å². The fourth-order valence-electron chi connectivity index (χ4n) is 1.90. The Bertz CT molecular complexity index is 680. The van der Waals surface area contributed by atoms with E-state index in [1.54, 1.807) is 0 Å². The zero-order valence-electron chi connectivity index (χ0n) is 14.0. The fraction of sp³-hybridized carbons (Fsp3) is 0.500. The van der Waals surface area contributed by atoms with Crippen molar-refractivity contribution < 1.29 is 27.4 Å². The fourth-order valence-corrected chi connectivity index (χ4v) is 2.98. The van der Waals surface area contributed by atoms with Gasteiger partial charge in [0.2, 0.25) is 15.9 Å². The third-order valence-electron chi connectivity index (χ3n) is 3.04. The molecule has 1 N–H and O–H groups in total. The van der Waals surface area contributed by atoms with Gasteiger partial charge in [-0.05, 0) is 0 Å². The molecule has 1 amide bonds. The summed E-state index contributed by atoms with van der Waals surface area (Å²) in [4.78, 5) is 12.0. The molecule has 10 heteroatoms. The molecule has 1 aromatic carbocycles. The summed E-state index contributed by atoms with van der Waals surface area (Å²) in [5.41, 5.74) is 0.156. The number of anilines is 1. The van der Waals surface area contributed by atoms with Gasteiger partial charge in [-0.2, -0.15) is 0 Å². The summed E-state index contributed by atoms with van der Waals surface area (Å²) in [5, 5.41) is 2.83. The number of nitrogens with one attached hydrogen (secondary N) is 1. The van der Waals surface area contributed by atoms with Crippen molar-refractivity contribution in [2.24, 2.45) is 0 Å². The molecule has 8 nitrogen and oxygen atoms in total. The van der Waals surface area contributed by atoms with Crippen LogP contribution >= 0.6 is 11.6 Å².